The Kier molecular flexibility index (Phi) is 3.13. The van der Waals surface area contributed by atoms with Crippen molar-refractivity contribution >= 4 is 0 Å². The third kappa shape index (κ3) is 2.49. The van der Waals surface area contributed by atoms with Crippen LogP contribution in [0.1, 0.15) is 5.56 Å². The molecule has 20 heavy (non-hydrogen) atoms. The molecule has 0 aliphatic heterocycles. The van der Waals surface area contributed by atoms with Crippen molar-refractivity contribution in [2.24, 2.45) is 0 Å². The van der Waals surface area contributed by atoms with Crippen molar-refractivity contribution in [3.05, 3.63) is 66.5 Å². The van der Waals surface area contributed by atoms with Gasteiger partial charge in [0.15, 0.2) is 0 Å². The van der Waals surface area contributed by atoms with Crippen LogP contribution < -0.4 is 0 Å². The van der Waals surface area contributed by atoms with Crippen molar-refractivity contribution in [2.75, 3.05) is 0 Å². The highest BCUT2D eigenvalue weighted by Crippen LogP contribution is 2.21. The van der Waals surface area contributed by atoms with Crippen molar-refractivity contribution in [1.82, 2.24) is 9.55 Å². The summed E-state index contributed by atoms with van der Waals surface area (Å²) in [5, 5.41) is 18.8. The molecule has 4 heteroatoms. The fourth-order valence-electron chi connectivity index (χ4n) is 2.16. The van der Waals surface area contributed by atoms with Gasteiger partial charge < -0.3 is 14.8 Å². The van der Waals surface area contributed by atoms with Gasteiger partial charge in [-0.15, -0.1) is 0 Å². The molecular weight excluding hydrogens is 252 g/mol. The molecule has 0 saturated heterocycles. The molecule has 0 aliphatic carbocycles. The molecule has 2 N–H and O–H groups in total. The van der Waals surface area contributed by atoms with Crippen LogP contribution in [0.4, 0.5) is 0 Å². The van der Waals surface area contributed by atoms with Crippen molar-refractivity contribution in [2.45, 2.75) is 6.54 Å². The normalized spacial score (nSPS) is 10.6. The van der Waals surface area contributed by atoms with Gasteiger partial charge in [-0.05, 0) is 42.0 Å². The lowest BCUT2D eigenvalue weighted by Crippen LogP contribution is -2.00. The van der Waals surface area contributed by atoms with Crippen LogP contribution in [-0.4, -0.2) is 19.8 Å². The van der Waals surface area contributed by atoms with E-state index in [9.17, 15) is 10.2 Å². The molecule has 0 radical (unpaired) electrons. The minimum atomic E-state index is 0.236. The van der Waals surface area contributed by atoms with Crippen LogP contribution in [0.2, 0.25) is 0 Å². The van der Waals surface area contributed by atoms with E-state index in [1.807, 2.05) is 35.0 Å². The molecule has 0 spiro atoms. The van der Waals surface area contributed by atoms with Gasteiger partial charge in [0.2, 0.25) is 0 Å². The first-order valence-corrected chi connectivity index (χ1v) is 6.31. The van der Waals surface area contributed by atoms with Gasteiger partial charge >= 0.3 is 0 Å². The number of aromatic nitrogens is 2. The van der Waals surface area contributed by atoms with Gasteiger partial charge in [0.25, 0.3) is 0 Å². The standard InChI is InChI=1S/C16H14N2O2/c19-14-6-4-13(5-7-14)16-17-8-9-18(16)11-12-2-1-3-15(20)10-12/h1-10,19-20H,11H2. The Labute approximate surface area is 116 Å². The minimum Gasteiger partial charge on any atom is -0.508 e. The number of imidazole rings is 1. The first-order valence-electron chi connectivity index (χ1n) is 6.31. The molecule has 100 valence electrons. The van der Waals surface area contributed by atoms with Crippen LogP contribution in [0.3, 0.4) is 0 Å². The second kappa shape index (κ2) is 5.09. The van der Waals surface area contributed by atoms with E-state index in [0.29, 0.717) is 6.54 Å². The molecule has 0 fully saturated rings. The quantitative estimate of drug-likeness (QED) is 0.766. The monoisotopic (exact) mass is 266 g/mol. The van der Waals surface area contributed by atoms with E-state index in [1.54, 1.807) is 30.5 Å². The fourth-order valence-corrected chi connectivity index (χ4v) is 2.16. The Hall–Kier alpha value is -2.75. The highest BCUT2D eigenvalue weighted by Gasteiger charge is 2.06. The molecule has 1 aromatic heterocycles. The molecule has 0 atom stereocenters. The summed E-state index contributed by atoms with van der Waals surface area (Å²) < 4.78 is 2.00. The number of aromatic hydroxyl groups is 2. The third-order valence-corrected chi connectivity index (χ3v) is 3.10. The van der Waals surface area contributed by atoms with Gasteiger partial charge in [-0.3, -0.25) is 0 Å². The predicted molar refractivity (Wildman–Crippen MR) is 76.5 cm³/mol. The van der Waals surface area contributed by atoms with Crippen LogP contribution in [-0.2, 0) is 6.54 Å². The summed E-state index contributed by atoms with van der Waals surface area (Å²) in [6.45, 7) is 0.630. The topological polar surface area (TPSA) is 58.3 Å². The third-order valence-electron chi connectivity index (χ3n) is 3.10. The Morgan fingerprint density at radius 2 is 1.75 bits per heavy atom. The zero-order valence-electron chi connectivity index (χ0n) is 10.8. The van der Waals surface area contributed by atoms with Crippen molar-refractivity contribution in [3.63, 3.8) is 0 Å². The number of phenolic OH excluding ortho intramolecular Hbond substituents is 2. The molecule has 0 aliphatic rings. The Balaban J connectivity index is 1.92. The maximum absolute atomic E-state index is 9.51. The van der Waals surface area contributed by atoms with E-state index in [-0.39, 0.29) is 11.5 Å². The van der Waals surface area contributed by atoms with E-state index in [0.717, 1.165) is 17.0 Å². The SMILES string of the molecule is Oc1ccc(-c2nccn2Cc2cccc(O)c2)cc1. The van der Waals surface area contributed by atoms with E-state index < -0.39 is 0 Å². The van der Waals surface area contributed by atoms with Crippen molar-refractivity contribution in [3.8, 4) is 22.9 Å². The van der Waals surface area contributed by atoms with Gasteiger partial charge in [-0.2, -0.15) is 0 Å². The number of hydrogen-bond donors (Lipinski definition) is 2. The molecule has 1 heterocycles. The molecular formula is C16H14N2O2. The van der Waals surface area contributed by atoms with E-state index in [4.69, 9.17) is 0 Å². The number of benzene rings is 2. The molecule has 3 rings (SSSR count). The highest BCUT2D eigenvalue weighted by atomic mass is 16.3. The van der Waals surface area contributed by atoms with E-state index in [1.165, 1.54) is 0 Å². The predicted octanol–water partition coefficient (Wildman–Crippen LogP) is 3.01. The van der Waals surface area contributed by atoms with Crippen molar-refractivity contribution in [1.29, 1.82) is 0 Å². The summed E-state index contributed by atoms with van der Waals surface area (Å²) >= 11 is 0. The van der Waals surface area contributed by atoms with Gasteiger partial charge in [0, 0.05) is 24.5 Å². The average Bonchev–Trinajstić information content (AvgIpc) is 2.88. The van der Waals surface area contributed by atoms with Gasteiger partial charge in [-0.1, -0.05) is 12.1 Å². The van der Waals surface area contributed by atoms with Crippen LogP contribution in [0.25, 0.3) is 11.4 Å². The van der Waals surface area contributed by atoms with E-state index in [2.05, 4.69) is 4.98 Å². The fraction of sp³-hybridized carbons (Fsp3) is 0.0625. The Bertz CT molecular complexity index is 717. The van der Waals surface area contributed by atoms with Gasteiger partial charge in [-0.25, -0.2) is 4.98 Å². The maximum Gasteiger partial charge on any atom is 0.140 e. The summed E-state index contributed by atoms with van der Waals surface area (Å²) in [4.78, 5) is 4.35. The Morgan fingerprint density at radius 3 is 2.50 bits per heavy atom. The number of hydrogen-bond acceptors (Lipinski definition) is 3. The summed E-state index contributed by atoms with van der Waals surface area (Å²) in [6.07, 6.45) is 3.64. The summed E-state index contributed by atoms with van der Waals surface area (Å²) in [7, 11) is 0. The van der Waals surface area contributed by atoms with Crippen LogP contribution >= 0.6 is 0 Å². The molecule has 0 unspecified atom stereocenters. The number of rotatable bonds is 3. The summed E-state index contributed by atoms with van der Waals surface area (Å²) in [5.74, 6) is 1.32. The van der Waals surface area contributed by atoms with Gasteiger partial charge in [0.05, 0.1) is 0 Å². The zero-order valence-corrected chi connectivity index (χ0v) is 10.8. The zero-order chi connectivity index (χ0) is 13.9. The second-order valence-corrected chi connectivity index (χ2v) is 4.60. The lowest BCUT2D eigenvalue weighted by Gasteiger charge is -2.08. The molecule has 0 amide bonds. The highest BCUT2D eigenvalue weighted by molar-refractivity contribution is 5.56. The molecule has 0 bridgehead atoms. The van der Waals surface area contributed by atoms with E-state index >= 15 is 0 Å². The summed E-state index contributed by atoms with van der Waals surface area (Å²) in [6, 6.07) is 14.1. The van der Waals surface area contributed by atoms with Crippen LogP contribution in [0, 0.1) is 0 Å². The molecule has 4 nitrogen and oxygen atoms in total. The summed E-state index contributed by atoms with van der Waals surface area (Å²) in [5.41, 5.74) is 1.94. The lowest BCUT2D eigenvalue weighted by molar-refractivity contribution is 0.474. The Morgan fingerprint density at radius 1 is 0.950 bits per heavy atom. The maximum atomic E-state index is 9.51. The largest absolute Gasteiger partial charge is 0.508 e. The van der Waals surface area contributed by atoms with Crippen LogP contribution in [0.15, 0.2) is 60.9 Å². The van der Waals surface area contributed by atoms with Gasteiger partial charge in [0.1, 0.15) is 17.3 Å². The van der Waals surface area contributed by atoms with Crippen LogP contribution in [0.5, 0.6) is 11.5 Å². The molecule has 0 saturated carbocycles. The number of nitrogens with zero attached hydrogens (tertiary/aromatic N) is 2. The molecule has 3 aromatic rings. The average molecular weight is 266 g/mol. The minimum absolute atomic E-state index is 0.236. The first-order chi connectivity index (χ1) is 9.72. The van der Waals surface area contributed by atoms with Crippen molar-refractivity contribution < 1.29 is 10.2 Å². The first kappa shape index (κ1) is 12.3. The smallest absolute Gasteiger partial charge is 0.140 e. The second-order valence-electron chi connectivity index (χ2n) is 4.60. The molecule has 2 aromatic carbocycles. The number of phenols is 2. The lowest BCUT2D eigenvalue weighted by atomic mass is 10.2.